The molecule has 0 saturated heterocycles. The highest BCUT2D eigenvalue weighted by atomic mass is 79.9. The lowest BCUT2D eigenvalue weighted by atomic mass is 10.1. The Bertz CT molecular complexity index is 1030. The van der Waals surface area contributed by atoms with E-state index in [9.17, 15) is 20.2 Å². The Morgan fingerprint density at radius 2 is 2.03 bits per heavy atom. The fraction of sp³-hybridized carbons (Fsp3) is 0.238. The number of hydrogen-bond donors (Lipinski definition) is 0. The number of non-ortho nitro benzene ring substituents is 1. The number of nitro groups is 1. The molecule has 0 saturated carbocycles. The van der Waals surface area contributed by atoms with Crippen molar-refractivity contribution >= 4 is 33.6 Å². The maximum Gasteiger partial charge on any atom is 0.269 e. The molecule has 0 heterocycles. The number of carbonyl (C=O) groups excluding carboxylic acids is 1. The van der Waals surface area contributed by atoms with Crippen LogP contribution in [0.2, 0.25) is 0 Å². The van der Waals surface area contributed by atoms with Gasteiger partial charge in [-0.2, -0.15) is 5.26 Å². The van der Waals surface area contributed by atoms with Crippen LogP contribution in [-0.2, 0) is 11.4 Å². The number of nitrogens with zero attached hydrogens (tertiary/aromatic N) is 3. The maximum atomic E-state index is 12.1. The van der Waals surface area contributed by atoms with Crippen LogP contribution in [0.5, 0.6) is 11.5 Å². The molecule has 0 spiro atoms. The van der Waals surface area contributed by atoms with Crippen molar-refractivity contribution in [1.82, 2.24) is 4.90 Å². The largest absolute Gasteiger partial charge is 0.490 e. The van der Waals surface area contributed by atoms with E-state index in [-0.39, 0.29) is 17.9 Å². The van der Waals surface area contributed by atoms with Crippen LogP contribution in [0.25, 0.3) is 6.08 Å². The zero-order valence-corrected chi connectivity index (χ0v) is 18.3. The molecule has 0 aromatic heterocycles. The van der Waals surface area contributed by atoms with E-state index >= 15 is 0 Å². The van der Waals surface area contributed by atoms with Gasteiger partial charge in [-0.25, -0.2) is 0 Å². The van der Waals surface area contributed by atoms with Gasteiger partial charge in [0.2, 0.25) is 0 Å². The first-order valence-corrected chi connectivity index (χ1v) is 9.72. The van der Waals surface area contributed by atoms with Crippen molar-refractivity contribution in [2.24, 2.45) is 0 Å². The van der Waals surface area contributed by atoms with E-state index < -0.39 is 10.8 Å². The van der Waals surface area contributed by atoms with Crippen molar-refractivity contribution in [3.63, 3.8) is 0 Å². The molecule has 2 aromatic carbocycles. The third kappa shape index (κ3) is 5.81. The van der Waals surface area contributed by atoms with Crippen LogP contribution in [0.15, 0.2) is 46.4 Å². The first kappa shape index (κ1) is 22.9. The fourth-order valence-corrected chi connectivity index (χ4v) is 3.11. The van der Waals surface area contributed by atoms with Gasteiger partial charge in [-0.15, -0.1) is 0 Å². The Labute approximate surface area is 182 Å². The number of ether oxygens (including phenoxy) is 2. The van der Waals surface area contributed by atoms with Crippen LogP contribution in [0.4, 0.5) is 5.69 Å². The molecule has 1 amide bonds. The first-order valence-electron chi connectivity index (χ1n) is 8.92. The monoisotopic (exact) mass is 473 g/mol. The molecule has 0 aliphatic heterocycles. The quantitative estimate of drug-likeness (QED) is 0.244. The second-order valence-corrected chi connectivity index (χ2v) is 7.20. The van der Waals surface area contributed by atoms with Crippen LogP contribution in [-0.4, -0.2) is 36.4 Å². The van der Waals surface area contributed by atoms with Crippen molar-refractivity contribution in [3.05, 3.63) is 67.7 Å². The summed E-state index contributed by atoms with van der Waals surface area (Å²) >= 11 is 3.44. The zero-order valence-electron chi connectivity index (χ0n) is 16.7. The summed E-state index contributed by atoms with van der Waals surface area (Å²) < 4.78 is 12.1. The van der Waals surface area contributed by atoms with Crippen molar-refractivity contribution in [3.8, 4) is 17.6 Å². The number of halogens is 1. The molecule has 0 fully saturated rings. The fourth-order valence-electron chi connectivity index (χ4n) is 2.54. The number of likely N-dealkylation sites (N-methyl/N-ethyl adjacent to an activating group) is 1. The molecule has 2 rings (SSSR count). The Balaban J connectivity index is 2.35. The molecule has 9 heteroatoms. The number of nitro benzene ring substituents is 1. The molecule has 2 aromatic rings. The summed E-state index contributed by atoms with van der Waals surface area (Å²) in [6.07, 6.45) is 1.47. The smallest absolute Gasteiger partial charge is 0.269 e. The van der Waals surface area contributed by atoms with E-state index in [1.54, 1.807) is 38.4 Å². The predicted molar refractivity (Wildman–Crippen MR) is 115 cm³/mol. The number of carbonyl (C=O) groups is 1. The van der Waals surface area contributed by atoms with Gasteiger partial charge in [0.15, 0.2) is 11.5 Å². The molecular weight excluding hydrogens is 454 g/mol. The second kappa shape index (κ2) is 10.4. The Morgan fingerprint density at radius 3 is 2.63 bits per heavy atom. The molecule has 0 N–H and O–H groups in total. The minimum Gasteiger partial charge on any atom is -0.490 e. The molecule has 30 heavy (non-hydrogen) atoms. The predicted octanol–water partition coefficient (Wildman–Crippen LogP) is 4.33. The molecule has 0 aliphatic carbocycles. The molecule has 0 bridgehead atoms. The minimum absolute atomic E-state index is 0.0142. The average Bonchev–Trinajstić information content (AvgIpc) is 2.71. The third-order valence-electron chi connectivity index (χ3n) is 3.90. The summed E-state index contributed by atoms with van der Waals surface area (Å²) in [5.41, 5.74) is 1.18. The van der Waals surface area contributed by atoms with Crippen molar-refractivity contribution in [2.45, 2.75) is 13.5 Å². The lowest BCUT2D eigenvalue weighted by Gasteiger charge is -2.15. The SMILES string of the molecule is CCOc1cc(C=C(C#N)C(=O)N(C)C)cc(Br)c1OCc1cccc([N+](=O)[O-])c1. The summed E-state index contributed by atoms with van der Waals surface area (Å²) in [6.45, 7) is 2.28. The molecule has 0 radical (unpaired) electrons. The molecule has 0 unspecified atom stereocenters. The van der Waals surface area contributed by atoms with Gasteiger partial charge in [0, 0.05) is 26.2 Å². The standard InChI is InChI=1S/C21H20BrN3O5/c1-4-29-19-11-15(8-16(12-23)21(26)24(2)3)10-18(22)20(19)30-13-14-6-5-7-17(9-14)25(27)28/h5-11H,4,13H2,1-3H3. The van der Waals surface area contributed by atoms with Crippen LogP contribution in [0.3, 0.4) is 0 Å². The normalized spacial score (nSPS) is 10.8. The van der Waals surface area contributed by atoms with E-state index in [0.29, 0.717) is 33.7 Å². The van der Waals surface area contributed by atoms with Gasteiger partial charge >= 0.3 is 0 Å². The lowest BCUT2D eigenvalue weighted by Crippen LogP contribution is -2.22. The van der Waals surface area contributed by atoms with Gasteiger partial charge in [0.25, 0.3) is 11.6 Å². The van der Waals surface area contributed by atoms with Gasteiger partial charge < -0.3 is 14.4 Å². The molecule has 0 aliphatic rings. The topological polar surface area (TPSA) is 106 Å². The number of hydrogen-bond acceptors (Lipinski definition) is 6. The van der Waals surface area contributed by atoms with Gasteiger partial charge in [0.1, 0.15) is 18.2 Å². The molecule has 156 valence electrons. The van der Waals surface area contributed by atoms with Gasteiger partial charge in [-0.1, -0.05) is 12.1 Å². The average molecular weight is 474 g/mol. The minimum atomic E-state index is -0.464. The van der Waals surface area contributed by atoms with Gasteiger partial charge in [0.05, 0.1) is 16.0 Å². The summed E-state index contributed by atoms with van der Waals surface area (Å²) in [6, 6.07) is 11.4. The van der Waals surface area contributed by atoms with E-state index in [2.05, 4.69) is 15.9 Å². The highest BCUT2D eigenvalue weighted by molar-refractivity contribution is 9.10. The number of nitriles is 1. The van der Waals surface area contributed by atoms with E-state index in [4.69, 9.17) is 9.47 Å². The van der Waals surface area contributed by atoms with E-state index in [1.807, 2.05) is 13.0 Å². The van der Waals surface area contributed by atoms with Crippen LogP contribution in [0.1, 0.15) is 18.1 Å². The Kier molecular flexibility index (Phi) is 7.95. The Morgan fingerprint density at radius 1 is 1.30 bits per heavy atom. The van der Waals surface area contributed by atoms with E-state index in [1.165, 1.54) is 23.1 Å². The van der Waals surface area contributed by atoms with Crippen molar-refractivity contribution in [1.29, 1.82) is 5.26 Å². The number of benzene rings is 2. The molecule has 0 atom stereocenters. The van der Waals surface area contributed by atoms with Crippen molar-refractivity contribution < 1.29 is 19.2 Å². The molecule has 8 nitrogen and oxygen atoms in total. The summed E-state index contributed by atoms with van der Waals surface area (Å²) in [5.74, 6) is 0.425. The van der Waals surface area contributed by atoms with Gasteiger partial charge in [-0.05, 0) is 52.2 Å². The van der Waals surface area contributed by atoms with Crippen LogP contribution >= 0.6 is 15.9 Å². The second-order valence-electron chi connectivity index (χ2n) is 6.35. The Hall–Kier alpha value is -3.38. The summed E-state index contributed by atoms with van der Waals surface area (Å²) in [4.78, 5) is 23.9. The van der Waals surface area contributed by atoms with Crippen LogP contribution < -0.4 is 9.47 Å². The van der Waals surface area contributed by atoms with E-state index in [0.717, 1.165) is 0 Å². The van der Waals surface area contributed by atoms with Gasteiger partial charge in [-0.3, -0.25) is 14.9 Å². The summed E-state index contributed by atoms with van der Waals surface area (Å²) in [7, 11) is 3.14. The zero-order chi connectivity index (χ0) is 22.3. The van der Waals surface area contributed by atoms with Crippen LogP contribution in [0, 0.1) is 21.4 Å². The van der Waals surface area contributed by atoms with Crippen molar-refractivity contribution in [2.75, 3.05) is 20.7 Å². The lowest BCUT2D eigenvalue weighted by molar-refractivity contribution is -0.384. The highest BCUT2D eigenvalue weighted by Gasteiger charge is 2.16. The third-order valence-corrected chi connectivity index (χ3v) is 4.49. The number of rotatable bonds is 8. The molecular formula is C21H20BrN3O5. The first-order chi connectivity index (χ1) is 14.3. The number of amides is 1. The summed E-state index contributed by atoms with van der Waals surface area (Å²) in [5, 5.41) is 20.2. The highest BCUT2D eigenvalue weighted by Crippen LogP contribution is 2.38. The maximum absolute atomic E-state index is 12.1.